The summed E-state index contributed by atoms with van der Waals surface area (Å²) in [6.45, 7) is 0. The van der Waals surface area contributed by atoms with Crippen LogP contribution in [0.25, 0.3) is 0 Å². The van der Waals surface area contributed by atoms with Gasteiger partial charge in [0.25, 0.3) is 0 Å². The molecule has 0 heterocycles. The van der Waals surface area contributed by atoms with E-state index in [4.69, 9.17) is 3.63 Å². The van der Waals surface area contributed by atoms with E-state index in [2.05, 4.69) is 4.18 Å². The molecule has 148 valence electrons. The van der Waals surface area contributed by atoms with Gasteiger partial charge in [-0.3, -0.25) is 4.18 Å². The molecule has 0 aliphatic heterocycles. The van der Waals surface area contributed by atoms with Crippen molar-refractivity contribution in [3.8, 4) is 0 Å². The molecule has 4 nitrogen and oxygen atoms in total. The van der Waals surface area contributed by atoms with Crippen LogP contribution in [0.4, 0.5) is 13.2 Å². The Balaban J connectivity index is 2.37. The highest BCUT2D eigenvalue weighted by molar-refractivity contribution is 8.32. The molecular weight excluding hydrogens is 413 g/mol. The molecule has 9 heteroatoms. The summed E-state index contributed by atoms with van der Waals surface area (Å²) >= 11 is 0. The van der Waals surface area contributed by atoms with E-state index in [1.54, 1.807) is 0 Å². The lowest BCUT2D eigenvalue weighted by atomic mass is 10.3. The maximum absolute atomic E-state index is 13.5. The second-order valence-corrected chi connectivity index (χ2v) is 9.78. The van der Waals surface area contributed by atoms with E-state index in [1.807, 2.05) is 0 Å². The van der Waals surface area contributed by atoms with Gasteiger partial charge >= 0.3 is 10.4 Å². The standard InChI is InChI=1S/C19H15F3O4S2/c1-25-28(23,24)26-27(17-8-2-14(20)3-9-17,18-10-4-15(21)5-11-18)19-12-6-16(22)7-13-19/h2-13H,1H3. The smallest absolute Gasteiger partial charge is 0.251 e. The van der Waals surface area contributed by atoms with Crippen LogP contribution in [0.3, 0.4) is 0 Å². The molecule has 0 saturated carbocycles. The molecule has 0 radical (unpaired) electrons. The van der Waals surface area contributed by atoms with Crippen LogP contribution in [-0.2, 0) is 18.2 Å². The predicted octanol–water partition coefficient (Wildman–Crippen LogP) is 5.21. The Morgan fingerprint density at radius 3 is 1.14 bits per heavy atom. The minimum atomic E-state index is -4.50. The van der Waals surface area contributed by atoms with Gasteiger partial charge in [-0.15, -0.1) is 0 Å². The van der Waals surface area contributed by atoms with Gasteiger partial charge < -0.3 is 0 Å². The third kappa shape index (κ3) is 4.07. The van der Waals surface area contributed by atoms with Gasteiger partial charge in [-0.25, -0.2) is 13.2 Å². The number of hydrogen-bond donors (Lipinski definition) is 0. The Labute approximate surface area is 162 Å². The van der Waals surface area contributed by atoms with Crippen LogP contribution in [0.1, 0.15) is 0 Å². The number of rotatable bonds is 6. The monoisotopic (exact) mass is 428 g/mol. The molecule has 3 rings (SSSR count). The first-order chi connectivity index (χ1) is 13.3. The number of hydrogen-bond acceptors (Lipinski definition) is 4. The highest BCUT2D eigenvalue weighted by Crippen LogP contribution is 2.69. The van der Waals surface area contributed by atoms with Crippen LogP contribution in [0.15, 0.2) is 87.5 Å². The SMILES string of the molecule is COS(=O)(=O)OS(c1ccc(F)cc1)(c1ccc(F)cc1)c1ccc(F)cc1. The van der Waals surface area contributed by atoms with E-state index >= 15 is 0 Å². The lowest BCUT2D eigenvalue weighted by Crippen LogP contribution is -2.15. The van der Waals surface area contributed by atoms with Gasteiger partial charge in [-0.2, -0.15) is 12.0 Å². The Hall–Kier alpha value is -2.33. The van der Waals surface area contributed by atoms with E-state index < -0.39 is 38.2 Å². The molecule has 0 atom stereocenters. The Morgan fingerprint density at radius 1 is 0.607 bits per heavy atom. The zero-order valence-corrected chi connectivity index (χ0v) is 16.1. The van der Waals surface area contributed by atoms with Crippen molar-refractivity contribution in [1.29, 1.82) is 0 Å². The minimum Gasteiger partial charge on any atom is -0.251 e. The van der Waals surface area contributed by atoms with Crippen LogP contribution in [0.2, 0.25) is 0 Å². The first kappa shape index (κ1) is 20.4. The highest BCUT2D eigenvalue weighted by atomic mass is 32.3. The fraction of sp³-hybridized carbons (Fsp3) is 0.0526. The molecule has 0 saturated heterocycles. The zero-order chi connectivity index (χ0) is 20.4. The fourth-order valence-corrected chi connectivity index (χ4v) is 7.10. The molecule has 0 unspecified atom stereocenters. The molecule has 3 aromatic carbocycles. The third-order valence-electron chi connectivity index (χ3n) is 3.83. The average molecular weight is 428 g/mol. The molecular formula is C19H15F3O4S2. The fourth-order valence-electron chi connectivity index (χ4n) is 2.56. The van der Waals surface area contributed by atoms with Crippen molar-refractivity contribution < 1.29 is 29.4 Å². The van der Waals surface area contributed by atoms with Crippen LogP contribution < -0.4 is 0 Å². The Kier molecular flexibility index (Phi) is 5.80. The molecule has 0 fully saturated rings. The Bertz CT molecular complexity index is 941. The van der Waals surface area contributed by atoms with Crippen LogP contribution in [-0.4, -0.2) is 15.5 Å². The summed E-state index contributed by atoms with van der Waals surface area (Å²) in [5.74, 6) is -1.61. The van der Waals surface area contributed by atoms with Gasteiger partial charge in [0.15, 0.2) is 0 Å². The second kappa shape index (κ2) is 7.96. The van der Waals surface area contributed by atoms with E-state index in [0.717, 1.165) is 43.5 Å². The van der Waals surface area contributed by atoms with E-state index in [-0.39, 0.29) is 0 Å². The highest BCUT2D eigenvalue weighted by Gasteiger charge is 2.38. The average Bonchev–Trinajstić information content (AvgIpc) is 2.68. The molecule has 0 amide bonds. The topological polar surface area (TPSA) is 52.6 Å². The molecule has 0 spiro atoms. The molecule has 28 heavy (non-hydrogen) atoms. The second-order valence-electron chi connectivity index (χ2n) is 5.56. The number of benzene rings is 3. The van der Waals surface area contributed by atoms with Crippen molar-refractivity contribution in [2.24, 2.45) is 0 Å². The van der Waals surface area contributed by atoms with Crippen molar-refractivity contribution in [3.05, 3.63) is 90.2 Å². The van der Waals surface area contributed by atoms with Crippen molar-refractivity contribution >= 4 is 20.7 Å². The maximum atomic E-state index is 13.5. The van der Waals surface area contributed by atoms with Crippen LogP contribution in [0, 0.1) is 17.5 Å². The lowest BCUT2D eigenvalue weighted by molar-refractivity contribution is 0.339. The summed E-state index contributed by atoms with van der Waals surface area (Å²) in [7, 11) is -6.63. The maximum Gasteiger partial charge on any atom is 0.409 e. The Morgan fingerprint density at radius 2 is 0.893 bits per heavy atom. The molecule has 0 N–H and O–H groups in total. The van der Waals surface area contributed by atoms with Crippen molar-refractivity contribution in [2.45, 2.75) is 14.7 Å². The van der Waals surface area contributed by atoms with Gasteiger partial charge in [0, 0.05) is 14.7 Å². The zero-order valence-electron chi connectivity index (χ0n) is 14.5. The van der Waals surface area contributed by atoms with E-state index in [1.165, 1.54) is 36.4 Å². The van der Waals surface area contributed by atoms with Gasteiger partial charge in [-0.1, -0.05) is 0 Å². The largest absolute Gasteiger partial charge is 0.409 e. The van der Waals surface area contributed by atoms with Crippen molar-refractivity contribution in [1.82, 2.24) is 0 Å². The van der Waals surface area contributed by atoms with Crippen molar-refractivity contribution in [2.75, 3.05) is 7.11 Å². The molecule has 0 aliphatic rings. The molecule has 0 aromatic heterocycles. The van der Waals surface area contributed by atoms with Crippen LogP contribution in [0.5, 0.6) is 0 Å². The van der Waals surface area contributed by atoms with Gasteiger partial charge in [0.2, 0.25) is 0 Å². The number of halogens is 3. The van der Waals surface area contributed by atoms with Gasteiger partial charge in [0.1, 0.15) is 17.5 Å². The lowest BCUT2D eigenvalue weighted by Gasteiger charge is -2.38. The van der Waals surface area contributed by atoms with Gasteiger partial charge in [0.05, 0.1) is 7.11 Å². The summed E-state index contributed by atoms with van der Waals surface area (Å²) in [6, 6.07) is 15.1. The minimum absolute atomic E-state index is 0.299. The normalized spacial score (nSPS) is 12.7. The molecule has 0 bridgehead atoms. The van der Waals surface area contributed by atoms with E-state index in [0.29, 0.717) is 14.7 Å². The van der Waals surface area contributed by atoms with E-state index in [9.17, 15) is 21.6 Å². The van der Waals surface area contributed by atoms with Crippen LogP contribution >= 0.6 is 10.3 Å². The van der Waals surface area contributed by atoms with Crippen molar-refractivity contribution in [3.63, 3.8) is 0 Å². The predicted molar refractivity (Wildman–Crippen MR) is 98.6 cm³/mol. The molecule has 0 aliphatic carbocycles. The quantitative estimate of drug-likeness (QED) is 0.541. The summed E-state index contributed by atoms with van der Waals surface area (Å²) < 4.78 is 75.1. The first-order valence-corrected chi connectivity index (χ1v) is 10.8. The third-order valence-corrected chi connectivity index (χ3v) is 8.53. The summed E-state index contributed by atoms with van der Waals surface area (Å²) in [6.07, 6.45) is 0. The molecule has 3 aromatic rings. The van der Waals surface area contributed by atoms with Gasteiger partial charge in [-0.05, 0) is 83.1 Å². The summed E-state index contributed by atoms with van der Waals surface area (Å²) in [5.41, 5.74) is 0. The summed E-state index contributed by atoms with van der Waals surface area (Å²) in [5, 5.41) is 0. The first-order valence-electron chi connectivity index (χ1n) is 7.89. The summed E-state index contributed by atoms with van der Waals surface area (Å²) in [4.78, 5) is 0.897.